The highest BCUT2D eigenvalue weighted by Gasteiger charge is 2.45. The summed E-state index contributed by atoms with van der Waals surface area (Å²) in [6, 6.07) is 8.01. The Labute approximate surface area is 106 Å². The second-order valence-corrected chi connectivity index (χ2v) is 5.04. The Morgan fingerprint density at radius 2 is 2.12 bits per heavy atom. The minimum absolute atomic E-state index is 0.162. The van der Waals surface area contributed by atoms with Gasteiger partial charge < -0.3 is 10.0 Å². The van der Waals surface area contributed by atoms with Crippen molar-refractivity contribution in [2.45, 2.75) is 18.9 Å². The number of aliphatic carboxylic acids is 1. The number of benzene rings is 1. The van der Waals surface area contributed by atoms with Gasteiger partial charge in [-0.2, -0.15) is 0 Å². The Balaban J connectivity index is 1.79. The summed E-state index contributed by atoms with van der Waals surface area (Å²) in [6.07, 6.45) is 1.71. The van der Waals surface area contributed by atoms with Gasteiger partial charge in [-0.15, -0.1) is 0 Å². The van der Waals surface area contributed by atoms with E-state index in [2.05, 4.69) is 4.90 Å². The first-order valence-electron chi connectivity index (χ1n) is 5.75. The van der Waals surface area contributed by atoms with Crippen molar-refractivity contribution in [3.8, 4) is 0 Å². The SMILES string of the molecule is CN(CCc1ccc(Cl)cc1)C1CC1C(=O)O. The van der Waals surface area contributed by atoms with E-state index in [0.717, 1.165) is 24.4 Å². The van der Waals surface area contributed by atoms with Crippen molar-refractivity contribution < 1.29 is 9.90 Å². The van der Waals surface area contributed by atoms with E-state index in [-0.39, 0.29) is 12.0 Å². The largest absolute Gasteiger partial charge is 0.481 e. The van der Waals surface area contributed by atoms with Crippen LogP contribution in [0.4, 0.5) is 0 Å². The molecule has 1 aliphatic rings. The van der Waals surface area contributed by atoms with Gasteiger partial charge in [0.05, 0.1) is 5.92 Å². The van der Waals surface area contributed by atoms with Crippen molar-refractivity contribution in [1.82, 2.24) is 4.90 Å². The third-order valence-corrected chi connectivity index (χ3v) is 3.56. The first kappa shape index (κ1) is 12.4. The topological polar surface area (TPSA) is 40.5 Å². The minimum atomic E-state index is -0.673. The molecule has 1 aromatic carbocycles. The fraction of sp³-hybridized carbons (Fsp3) is 0.462. The van der Waals surface area contributed by atoms with Gasteiger partial charge >= 0.3 is 5.97 Å². The molecule has 0 bridgehead atoms. The number of hydrogen-bond donors (Lipinski definition) is 1. The molecule has 0 spiro atoms. The van der Waals surface area contributed by atoms with Gasteiger partial charge in [-0.25, -0.2) is 0 Å². The van der Waals surface area contributed by atoms with Gasteiger partial charge in [0.2, 0.25) is 0 Å². The zero-order valence-electron chi connectivity index (χ0n) is 9.77. The van der Waals surface area contributed by atoms with E-state index in [1.54, 1.807) is 0 Å². The first-order chi connectivity index (χ1) is 8.08. The summed E-state index contributed by atoms with van der Waals surface area (Å²) < 4.78 is 0. The Morgan fingerprint density at radius 3 is 2.65 bits per heavy atom. The molecule has 0 radical (unpaired) electrons. The van der Waals surface area contributed by atoms with E-state index < -0.39 is 5.97 Å². The molecule has 0 aliphatic heterocycles. The number of nitrogens with zero attached hydrogens (tertiary/aromatic N) is 1. The van der Waals surface area contributed by atoms with Crippen LogP contribution in [0, 0.1) is 5.92 Å². The zero-order chi connectivity index (χ0) is 12.4. The fourth-order valence-corrected chi connectivity index (χ4v) is 2.18. The van der Waals surface area contributed by atoms with Crippen LogP contribution in [0.3, 0.4) is 0 Å². The van der Waals surface area contributed by atoms with Gasteiger partial charge in [0, 0.05) is 17.6 Å². The number of rotatable bonds is 5. The second kappa shape index (κ2) is 5.07. The molecule has 1 N–H and O–H groups in total. The second-order valence-electron chi connectivity index (χ2n) is 4.60. The van der Waals surface area contributed by atoms with Crippen LogP contribution in [0.15, 0.2) is 24.3 Å². The van der Waals surface area contributed by atoms with Gasteiger partial charge in [-0.1, -0.05) is 23.7 Å². The molecule has 1 aromatic rings. The molecule has 0 aromatic heterocycles. The molecule has 3 nitrogen and oxygen atoms in total. The molecule has 92 valence electrons. The predicted octanol–water partition coefficient (Wildman–Crippen LogP) is 2.29. The smallest absolute Gasteiger partial charge is 0.308 e. The van der Waals surface area contributed by atoms with Crippen LogP contribution in [0.2, 0.25) is 5.02 Å². The maximum absolute atomic E-state index is 10.7. The summed E-state index contributed by atoms with van der Waals surface area (Å²) >= 11 is 5.81. The summed E-state index contributed by atoms with van der Waals surface area (Å²) in [5.41, 5.74) is 1.23. The molecule has 0 heterocycles. The molecule has 0 saturated heterocycles. The Kier molecular flexibility index (Phi) is 3.69. The number of likely N-dealkylation sites (N-methyl/N-ethyl adjacent to an activating group) is 1. The number of carboxylic acids is 1. The Bertz CT molecular complexity index is 404. The molecule has 4 heteroatoms. The fourth-order valence-electron chi connectivity index (χ4n) is 2.06. The Hall–Kier alpha value is -1.06. The van der Waals surface area contributed by atoms with Gasteiger partial charge in [-0.05, 0) is 37.6 Å². The van der Waals surface area contributed by atoms with Crippen LogP contribution in [0.25, 0.3) is 0 Å². The quantitative estimate of drug-likeness (QED) is 0.875. The summed E-state index contributed by atoms with van der Waals surface area (Å²) in [4.78, 5) is 12.9. The summed E-state index contributed by atoms with van der Waals surface area (Å²) in [5, 5.41) is 9.59. The molecule has 17 heavy (non-hydrogen) atoms. The van der Waals surface area contributed by atoms with Gasteiger partial charge in [-0.3, -0.25) is 4.79 Å². The van der Waals surface area contributed by atoms with Crippen molar-refractivity contribution in [1.29, 1.82) is 0 Å². The van der Waals surface area contributed by atoms with Crippen LogP contribution < -0.4 is 0 Å². The van der Waals surface area contributed by atoms with E-state index in [9.17, 15) is 4.79 Å². The number of carbonyl (C=O) groups is 1. The molecule has 0 amide bonds. The maximum atomic E-state index is 10.7. The number of carboxylic acid groups (broad SMARTS) is 1. The zero-order valence-corrected chi connectivity index (χ0v) is 10.5. The number of halogens is 1. The van der Waals surface area contributed by atoms with E-state index in [1.807, 2.05) is 31.3 Å². The van der Waals surface area contributed by atoms with E-state index in [0.29, 0.717) is 0 Å². The van der Waals surface area contributed by atoms with Crippen molar-refractivity contribution in [3.63, 3.8) is 0 Å². The van der Waals surface area contributed by atoms with Gasteiger partial charge in [0.15, 0.2) is 0 Å². The first-order valence-corrected chi connectivity index (χ1v) is 6.13. The molecule has 1 fully saturated rings. The highest BCUT2D eigenvalue weighted by molar-refractivity contribution is 6.30. The van der Waals surface area contributed by atoms with Crippen LogP contribution in [-0.2, 0) is 11.2 Å². The van der Waals surface area contributed by atoms with Crippen LogP contribution >= 0.6 is 11.6 Å². The molecule has 2 rings (SSSR count). The van der Waals surface area contributed by atoms with Crippen molar-refractivity contribution >= 4 is 17.6 Å². The van der Waals surface area contributed by atoms with Crippen LogP contribution in [-0.4, -0.2) is 35.6 Å². The van der Waals surface area contributed by atoms with E-state index >= 15 is 0 Å². The van der Waals surface area contributed by atoms with Crippen molar-refractivity contribution in [3.05, 3.63) is 34.9 Å². The van der Waals surface area contributed by atoms with Crippen LogP contribution in [0.1, 0.15) is 12.0 Å². The number of hydrogen-bond acceptors (Lipinski definition) is 2. The normalized spacial score (nSPS) is 22.8. The Morgan fingerprint density at radius 1 is 1.47 bits per heavy atom. The lowest BCUT2D eigenvalue weighted by Crippen LogP contribution is -2.26. The maximum Gasteiger partial charge on any atom is 0.308 e. The molecular weight excluding hydrogens is 238 g/mol. The lowest BCUT2D eigenvalue weighted by Gasteiger charge is -2.15. The highest BCUT2D eigenvalue weighted by atomic mass is 35.5. The van der Waals surface area contributed by atoms with Crippen LogP contribution in [0.5, 0.6) is 0 Å². The van der Waals surface area contributed by atoms with Gasteiger partial charge in [0.1, 0.15) is 0 Å². The lowest BCUT2D eigenvalue weighted by atomic mass is 10.1. The van der Waals surface area contributed by atoms with E-state index in [1.165, 1.54) is 5.56 Å². The molecule has 2 unspecified atom stereocenters. The average Bonchev–Trinajstić information content (AvgIpc) is 3.08. The summed E-state index contributed by atoms with van der Waals surface area (Å²) in [7, 11) is 1.99. The van der Waals surface area contributed by atoms with E-state index in [4.69, 9.17) is 16.7 Å². The van der Waals surface area contributed by atoms with Crippen molar-refractivity contribution in [2.75, 3.05) is 13.6 Å². The summed E-state index contributed by atoms with van der Waals surface area (Å²) in [6.45, 7) is 0.885. The predicted molar refractivity (Wildman–Crippen MR) is 67.3 cm³/mol. The molecule has 1 saturated carbocycles. The molecular formula is C13H16ClNO2. The monoisotopic (exact) mass is 253 g/mol. The molecule has 1 aliphatic carbocycles. The minimum Gasteiger partial charge on any atom is -0.481 e. The third-order valence-electron chi connectivity index (χ3n) is 3.31. The summed E-state index contributed by atoms with van der Waals surface area (Å²) in [5.74, 6) is -0.835. The molecule has 2 atom stereocenters. The average molecular weight is 254 g/mol. The lowest BCUT2D eigenvalue weighted by molar-refractivity contribution is -0.138. The highest BCUT2D eigenvalue weighted by Crippen LogP contribution is 2.34. The van der Waals surface area contributed by atoms with Crippen molar-refractivity contribution in [2.24, 2.45) is 5.92 Å². The third kappa shape index (κ3) is 3.20. The standard InChI is InChI=1S/C13H16ClNO2/c1-15(12-8-11(12)13(16)17)7-6-9-2-4-10(14)5-3-9/h2-5,11-12H,6-8H2,1H3,(H,16,17). The van der Waals surface area contributed by atoms with Gasteiger partial charge in [0.25, 0.3) is 0 Å².